The topological polar surface area (TPSA) is 75.5 Å². The van der Waals surface area contributed by atoms with E-state index < -0.39 is 0 Å². The van der Waals surface area contributed by atoms with Crippen molar-refractivity contribution in [2.45, 2.75) is 19.8 Å². The molecule has 100 valence electrons. The van der Waals surface area contributed by atoms with Gasteiger partial charge in [0.05, 0.1) is 6.20 Å². The van der Waals surface area contributed by atoms with Crippen LogP contribution in [-0.2, 0) is 0 Å². The molecule has 2 aromatic rings. The predicted octanol–water partition coefficient (Wildman–Crippen LogP) is 3.57. The fourth-order valence-corrected chi connectivity index (χ4v) is 1.87. The van der Waals surface area contributed by atoms with Gasteiger partial charge in [-0.05, 0) is 21.8 Å². The molecular weight excluding hydrogens is 312 g/mol. The maximum atomic E-state index is 9.68. The SMILES string of the molecule is CC(C)c1cnc(Br)cc1Oc1ncc(O)cc1O. The van der Waals surface area contributed by atoms with Crippen LogP contribution in [-0.4, -0.2) is 20.2 Å². The van der Waals surface area contributed by atoms with Gasteiger partial charge < -0.3 is 14.9 Å². The number of aromatic nitrogens is 2. The minimum absolute atomic E-state index is 0.0396. The lowest BCUT2D eigenvalue weighted by molar-refractivity contribution is 0.385. The molecule has 0 unspecified atom stereocenters. The molecule has 0 aromatic carbocycles. The average Bonchev–Trinajstić information content (AvgIpc) is 2.32. The first-order chi connectivity index (χ1) is 8.97. The van der Waals surface area contributed by atoms with Gasteiger partial charge in [-0.2, -0.15) is 0 Å². The molecule has 0 atom stereocenters. The molecule has 6 heteroatoms. The molecule has 0 saturated carbocycles. The van der Waals surface area contributed by atoms with Gasteiger partial charge in [0.2, 0.25) is 0 Å². The Balaban J connectivity index is 2.39. The van der Waals surface area contributed by atoms with Crippen LogP contribution in [0.4, 0.5) is 0 Å². The minimum Gasteiger partial charge on any atom is -0.506 e. The summed E-state index contributed by atoms with van der Waals surface area (Å²) in [5.74, 6) is 0.477. The third-order valence-electron chi connectivity index (χ3n) is 2.51. The summed E-state index contributed by atoms with van der Waals surface area (Å²) in [6, 6.07) is 2.89. The van der Waals surface area contributed by atoms with Crippen molar-refractivity contribution in [3.8, 4) is 23.1 Å². The Morgan fingerprint density at radius 3 is 2.53 bits per heavy atom. The first kappa shape index (κ1) is 13.6. The highest BCUT2D eigenvalue weighted by molar-refractivity contribution is 9.10. The molecule has 0 aliphatic carbocycles. The second-order valence-electron chi connectivity index (χ2n) is 4.32. The van der Waals surface area contributed by atoms with Crippen molar-refractivity contribution in [1.29, 1.82) is 0 Å². The van der Waals surface area contributed by atoms with Crippen molar-refractivity contribution in [3.63, 3.8) is 0 Å². The standard InChI is InChI=1S/C13H13BrN2O3/c1-7(2)9-6-15-12(14)4-11(9)19-13-10(18)3-8(17)5-16-13/h3-7,17-18H,1-2H3. The van der Waals surface area contributed by atoms with E-state index in [4.69, 9.17) is 4.74 Å². The minimum atomic E-state index is -0.220. The molecule has 2 heterocycles. The molecular formula is C13H13BrN2O3. The zero-order valence-electron chi connectivity index (χ0n) is 10.5. The molecule has 0 fully saturated rings. The first-order valence-corrected chi connectivity index (χ1v) is 6.48. The maximum Gasteiger partial charge on any atom is 0.262 e. The van der Waals surface area contributed by atoms with Crippen LogP contribution >= 0.6 is 15.9 Å². The summed E-state index contributed by atoms with van der Waals surface area (Å²) in [5, 5.41) is 18.9. The normalized spacial score (nSPS) is 10.7. The second-order valence-corrected chi connectivity index (χ2v) is 5.13. The van der Waals surface area contributed by atoms with Gasteiger partial charge in [0.1, 0.15) is 16.1 Å². The van der Waals surface area contributed by atoms with Crippen LogP contribution < -0.4 is 4.74 Å². The fraction of sp³-hybridized carbons (Fsp3) is 0.231. The molecule has 0 amide bonds. The van der Waals surface area contributed by atoms with Crippen LogP contribution in [0.1, 0.15) is 25.3 Å². The summed E-state index contributed by atoms with van der Waals surface area (Å²) in [5.41, 5.74) is 0.900. The van der Waals surface area contributed by atoms with Crippen LogP contribution in [0.5, 0.6) is 23.1 Å². The van der Waals surface area contributed by atoms with Crippen molar-refractivity contribution in [3.05, 3.63) is 34.7 Å². The molecule has 19 heavy (non-hydrogen) atoms. The number of rotatable bonds is 3. The van der Waals surface area contributed by atoms with Crippen molar-refractivity contribution in [2.24, 2.45) is 0 Å². The van der Waals surface area contributed by atoms with Crippen LogP contribution in [0.3, 0.4) is 0 Å². The van der Waals surface area contributed by atoms with E-state index in [9.17, 15) is 10.2 Å². The molecule has 0 spiro atoms. The average molecular weight is 325 g/mol. The van der Waals surface area contributed by atoms with Gasteiger partial charge in [0.15, 0.2) is 5.75 Å². The lowest BCUT2D eigenvalue weighted by Gasteiger charge is -2.13. The largest absolute Gasteiger partial charge is 0.506 e. The van der Waals surface area contributed by atoms with Crippen LogP contribution in [0.25, 0.3) is 0 Å². The van der Waals surface area contributed by atoms with Crippen molar-refractivity contribution in [1.82, 2.24) is 9.97 Å². The van der Waals surface area contributed by atoms with Crippen molar-refractivity contribution < 1.29 is 14.9 Å². The summed E-state index contributed by atoms with van der Waals surface area (Å²) in [4.78, 5) is 8.00. The van der Waals surface area contributed by atoms with Gasteiger partial charge in [-0.3, -0.25) is 0 Å². The van der Waals surface area contributed by atoms with Gasteiger partial charge in [0.25, 0.3) is 5.88 Å². The summed E-state index contributed by atoms with van der Waals surface area (Å²) < 4.78 is 6.22. The monoisotopic (exact) mass is 324 g/mol. The Kier molecular flexibility index (Phi) is 3.90. The van der Waals surface area contributed by atoms with E-state index in [0.29, 0.717) is 10.4 Å². The third-order valence-corrected chi connectivity index (χ3v) is 2.94. The van der Waals surface area contributed by atoms with E-state index in [1.54, 1.807) is 12.3 Å². The Bertz CT molecular complexity index is 602. The maximum absolute atomic E-state index is 9.68. The fourth-order valence-electron chi connectivity index (χ4n) is 1.56. The van der Waals surface area contributed by atoms with Gasteiger partial charge in [-0.15, -0.1) is 0 Å². The smallest absolute Gasteiger partial charge is 0.262 e. The van der Waals surface area contributed by atoms with Gasteiger partial charge in [-0.25, -0.2) is 9.97 Å². The van der Waals surface area contributed by atoms with Crippen molar-refractivity contribution in [2.75, 3.05) is 0 Å². The summed E-state index contributed by atoms with van der Waals surface area (Å²) in [7, 11) is 0. The van der Waals surface area contributed by atoms with E-state index in [1.807, 2.05) is 13.8 Å². The Labute approximate surface area is 119 Å². The Morgan fingerprint density at radius 2 is 1.89 bits per heavy atom. The number of hydrogen-bond acceptors (Lipinski definition) is 5. The number of pyridine rings is 2. The lowest BCUT2D eigenvalue weighted by atomic mass is 10.1. The summed E-state index contributed by atoms with van der Waals surface area (Å²) >= 11 is 3.27. The first-order valence-electron chi connectivity index (χ1n) is 5.68. The van der Waals surface area contributed by atoms with E-state index >= 15 is 0 Å². The molecule has 2 rings (SSSR count). The number of aromatic hydroxyl groups is 2. The number of ether oxygens (including phenoxy) is 1. The molecule has 5 nitrogen and oxygen atoms in total. The van der Waals surface area contributed by atoms with Gasteiger partial charge in [-0.1, -0.05) is 13.8 Å². The molecule has 0 saturated heterocycles. The van der Waals surface area contributed by atoms with Crippen LogP contribution in [0, 0.1) is 0 Å². The molecule has 2 N–H and O–H groups in total. The zero-order valence-corrected chi connectivity index (χ0v) is 12.0. The predicted molar refractivity (Wildman–Crippen MR) is 73.7 cm³/mol. The Hall–Kier alpha value is -1.82. The van der Waals surface area contributed by atoms with E-state index in [-0.39, 0.29) is 23.3 Å². The summed E-state index contributed by atoms with van der Waals surface area (Å²) in [6.45, 7) is 4.03. The van der Waals surface area contributed by atoms with Crippen molar-refractivity contribution >= 4 is 15.9 Å². The van der Waals surface area contributed by atoms with Gasteiger partial charge in [0, 0.05) is 23.9 Å². The number of hydrogen-bond donors (Lipinski definition) is 2. The highest BCUT2D eigenvalue weighted by Gasteiger charge is 2.13. The van der Waals surface area contributed by atoms with Crippen LogP contribution in [0.15, 0.2) is 29.1 Å². The molecule has 2 aromatic heterocycles. The highest BCUT2D eigenvalue weighted by atomic mass is 79.9. The number of halogens is 1. The zero-order chi connectivity index (χ0) is 14.0. The number of nitrogens with zero attached hydrogens (tertiary/aromatic N) is 2. The van der Waals surface area contributed by atoms with E-state index in [0.717, 1.165) is 5.56 Å². The van der Waals surface area contributed by atoms with E-state index in [1.165, 1.54) is 12.3 Å². The Morgan fingerprint density at radius 1 is 1.16 bits per heavy atom. The second kappa shape index (κ2) is 5.44. The molecule has 0 radical (unpaired) electrons. The highest BCUT2D eigenvalue weighted by Crippen LogP contribution is 2.35. The quantitative estimate of drug-likeness (QED) is 0.844. The summed E-state index contributed by atoms with van der Waals surface area (Å²) in [6.07, 6.45) is 2.92. The molecule has 0 aliphatic rings. The van der Waals surface area contributed by atoms with E-state index in [2.05, 4.69) is 25.9 Å². The third kappa shape index (κ3) is 3.14. The lowest BCUT2D eigenvalue weighted by Crippen LogP contribution is -1.97. The molecule has 0 bridgehead atoms. The molecule has 0 aliphatic heterocycles. The van der Waals surface area contributed by atoms with Crippen LogP contribution in [0.2, 0.25) is 0 Å². The van der Waals surface area contributed by atoms with Gasteiger partial charge >= 0.3 is 0 Å².